The van der Waals surface area contributed by atoms with Gasteiger partial charge in [-0.1, -0.05) is 24.3 Å². The van der Waals surface area contributed by atoms with Gasteiger partial charge in [-0.25, -0.2) is 0 Å². The van der Waals surface area contributed by atoms with Gasteiger partial charge in [-0.05, 0) is 17.7 Å². The first-order chi connectivity index (χ1) is 12.0. The number of aliphatic hydroxyl groups is 1. The number of benzene rings is 2. The van der Waals surface area contributed by atoms with Crippen molar-refractivity contribution in [2.24, 2.45) is 0 Å². The highest BCUT2D eigenvalue weighted by Gasteiger charge is 2.71. The zero-order chi connectivity index (χ0) is 19.8. The fraction of sp³-hybridized carbons (Fsp3) is 0.294. The van der Waals surface area contributed by atoms with E-state index < -0.39 is 23.5 Å². The van der Waals surface area contributed by atoms with Gasteiger partial charge in [0.1, 0.15) is 11.5 Å². The first-order valence-electron chi connectivity index (χ1n) is 7.14. The Balaban J connectivity index is 2.52. The van der Waals surface area contributed by atoms with Crippen molar-refractivity contribution < 1.29 is 40.9 Å². The summed E-state index contributed by atoms with van der Waals surface area (Å²) in [5, 5.41) is 9.39. The molecular weight excluding hydrogens is 366 g/mol. The van der Waals surface area contributed by atoms with Gasteiger partial charge in [-0.3, -0.25) is 0 Å². The van der Waals surface area contributed by atoms with Crippen LogP contribution in [0.15, 0.2) is 42.5 Å². The Morgan fingerprint density at radius 2 is 1.31 bits per heavy atom. The summed E-state index contributed by atoms with van der Waals surface area (Å²) in [4.78, 5) is 0. The van der Waals surface area contributed by atoms with Gasteiger partial charge in [0, 0.05) is 17.2 Å². The molecule has 2 aromatic rings. The average Bonchev–Trinajstić information content (AvgIpc) is 2.58. The fourth-order valence-corrected chi connectivity index (χ4v) is 2.42. The average molecular weight is 380 g/mol. The van der Waals surface area contributed by atoms with Crippen LogP contribution in [0.2, 0.25) is 0 Å². The van der Waals surface area contributed by atoms with E-state index >= 15 is 0 Å². The van der Waals surface area contributed by atoms with Crippen molar-refractivity contribution in [3.05, 3.63) is 48.0 Å². The van der Waals surface area contributed by atoms with E-state index in [2.05, 4.69) is 0 Å². The third-order valence-corrected chi connectivity index (χ3v) is 3.84. The van der Waals surface area contributed by atoms with Gasteiger partial charge in [-0.15, -0.1) is 0 Å². The molecule has 0 atom stereocenters. The van der Waals surface area contributed by atoms with Crippen LogP contribution >= 0.6 is 0 Å². The highest BCUT2D eigenvalue weighted by molar-refractivity contribution is 5.72. The van der Waals surface area contributed by atoms with Crippen molar-refractivity contribution in [3.8, 4) is 22.6 Å². The second-order valence-electron chi connectivity index (χ2n) is 5.35. The molecule has 142 valence electrons. The SMILES string of the molecule is COc1ccc(-c2ccc(C(O)(C(F)(F)F)C(F)(F)F)cc2)c(OC)c1. The third kappa shape index (κ3) is 3.31. The van der Waals surface area contributed by atoms with Gasteiger partial charge in [0.25, 0.3) is 5.60 Å². The van der Waals surface area contributed by atoms with E-state index in [1.807, 2.05) is 0 Å². The largest absolute Gasteiger partial charge is 0.497 e. The van der Waals surface area contributed by atoms with E-state index in [9.17, 15) is 31.4 Å². The summed E-state index contributed by atoms with van der Waals surface area (Å²) in [5.41, 5.74) is -5.54. The molecule has 2 aromatic carbocycles. The molecule has 0 unspecified atom stereocenters. The van der Waals surface area contributed by atoms with Crippen LogP contribution in [0.3, 0.4) is 0 Å². The molecule has 0 saturated heterocycles. The fourth-order valence-electron chi connectivity index (χ4n) is 2.42. The Morgan fingerprint density at radius 3 is 1.73 bits per heavy atom. The second-order valence-corrected chi connectivity index (χ2v) is 5.35. The van der Waals surface area contributed by atoms with Gasteiger partial charge in [0.2, 0.25) is 0 Å². The van der Waals surface area contributed by atoms with Gasteiger partial charge < -0.3 is 14.6 Å². The van der Waals surface area contributed by atoms with E-state index in [4.69, 9.17) is 9.47 Å². The Kier molecular flexibility index (Phi) is 5.14. The predicted octanol–water partition coefficient (Wildman–Crippen LogP) is 4.68. The van der Waals surface area contributed by atoms with Crippen LogP contribution in [-0.4, -0.2) is 31.7 Å². The summed E-state index contributed by atoms with van der Waals surface area (Å²) in [6.45, 7) is 0. The molecule has 0 aromatic heterocycles. The standard InChI is InChI=1S/C17H14F6O3/c1-25-12-7-8-13(14(9-12)26-2)10-3-5-11(6-4-10)15(24,16(18,19)20)17(21,22)23/h3-9,24H,1-2H3. The van der Waals surface area contributed by atoms with Crippen LogP contribution in [0, 0.1) is 0 Å². The quantitative estimate of drug-likeness (QED) is 0.783. The molecule has 9 heteroatoms. The number of methoxy groups -OCH3 is 2. The zero-order valence-corrected chi connectivity index (χ0v) is 13.6. The first kappa shape index (κ1) is 19.9. The lowest BCUT2D eigenvalue weighted by Gasteiger charge is -2.32. The molecule has 0 aliphatic heterocycles. The van der Waals surface area contributed by atoms with Crippen LogP contribution in [0.5, 0.6) is 11.5 Å². The van der Waals surface area contributed by atoms with E-state index in [0.29, 0.717) is 34.8 Å². The molecule has 0 spiro atoms. The van der Waals surface area contributed by atoms with Gasteiger partial charge >= 0.3 is 12.4 Å². The molecule has 1 N–H and O–H groups in total. The minimum Gasteiger partial charge on any atom is -0.497 e. The second kappa shape index (κ2) is 6.71. The first-order valence-corrected chi connectivity index (χ1v) is 7.14. The minimum atomic E-state index is -5.93. The van der Waals surface area contributed by atoms with Crippen LogP contribution in [0.25, 0.3) is 11.1 Å². The maximum Gasteiger partial charge on any atom is 0.430 e. The number of hydrogen-bond donors (Lipinski definition) is 1. The van der Waals surface area contributed by atoms with Crippen molar-refractivity contribution in [1.82, 2.24) is 0 Å². The molecule has 3 nitrogen and oxygen atoms in total. The lowest BCUT2D eigenvalue weighted by atomic mass is 9.90. The summed E-state index contributed by atoms with van der Waals surface area (Å²) >= 11 is 0. The van der Waals surface area contributed by atoms with Crippen molar-refractivity contribution in [2.45, 2.75) is 18.0 Å². The molecule has 0 aliphatic rings. The molecule has 0 heterocycles. The summed E-state index contributed by atoms with van der Waals surface area (Å²) in [7, 11) is 2.79. The Bertz CT molecular complexity index is 752. The predicted molar refractivity (Wildman–Crippen MR) is 81.0 cm³/mol. The summed E-state index contributed by atoms with van der Waals surface area (Å²) in [5.74, 6) is 0.782. The van der Waals surface area contributed by atoms with Crippen LogP contribution in [-0.2, 0) is 5.60 Å². The Morgan fingerprint density at radius 1 is 0.769 bits per heavy atom. The van der Waals surface area contributed by atoms with Crippen molar-refractivity contribution >= 4 is 0 Å². The summed E-state index contributed by atoms with van der Waals surface area (Å²) in [6, 6.07) is 7.88. The molecule has 2 rings (SSSR count). The maximum atomic E-state index is 12.9. The Labute approximate surface area is 144 Å². The topological polar surface area (TPSA) is 38.7 Å². The van der Waals surface area contributed by atoms with Crippen molar-refractivity contribution in [2.75, 3.05) is 14.2 Å². The van der Waals surface area contributed by atoms with Crippen molar-refractivity contribution in [3.63, 3.8) is 0 Å². The molecule has 0 radical (unpaired) electrons. The number of halogens is 6. The Hall–Kier alpha value is -2.42. The molecule has 0 bridgehead atoms. The lowest BCUT2D eigenvalue weighted by Crippen LogP contribution is -2.53. The number of ether oxygens (including phenoxy) is 2. The molecule has 26 heavy (non-hydrogen) atoms. The smallest absolute Gasteiger partial charge is 0.430 e. The molecule has 0 aliphatic carbocycles. The summed E-state index contributed by atoms with van der Waals surface area (Å²) < 4.78 is 87.6. The van der Waals surface area contributed by atoms with Gasteiger partial charge in [-0.2, -0.15) is 26.3 Å². The molecule has 0 fully saturated rings. The number of hydrogen-bond acceptors (Lipinski definition) is 3. The van der Waals surface area contributed by atoms with Crippen LogP contribution in [0.1, 0.15) is 5.56 Å². The number of rotatable bonds is 4. The van der Waals surface area contributed by atoms with E-state index in [0.717, 1.165) is 12.1 Å². The highest BCUT2D eigenvalue weighted by Crippen LogP contribution is 2.50. The zero-order valence-electron chi connectivity index (χ0n) is 13.6. The van der Waals surface area contributed by atoms with Crippen LogP contribution in [0.4, 0.5) is 26.3 Å². The van der Waals surface area contributed by atoms with Crippen molar-refractivity contribution in [1.29, 1.82) is 0 Å². The highest BCUT2D eigenvalue weighted by atomic mass is 19.4. The normalized spacial score (nSPS) is 12.8. The monoisotopic (exact) mass is 380 g/mol. The molecular formula is C17H14F6O3. The van der Waals surface area contributed by atoms with E-state index in [-0.39, 0.29) is 0 Å². The van der Waals surface area contributed by atoms with Gasteiger partial charge in [0.05, 0.1) is 14.2 Å². The van der Waals surface area contributed by atoms with E-state index in [1.165, 1.54) is 20.3 Å². The van der Waals surface area contributed by atoms with Gasteiger partial charge in [0.15, 0.2) is 0 Å². The number of alkyl halides is 6. The molecule has 0 amide bonds. The maximum absolute atomic E-state index is 12.9. The van der Waals surface area contributed by atoms with E-state index in [1.54, 1.807) is 12.1 Å². The minimum absolute atomic E-state index is 0.306. The summed E-state index contributed by atoms with van der Waals surface area (Å²) in [6.07, 6.45) is -11.9. The molecule has 0 saturated carbocycles. The van der Waals surface area contributed by atoms with Crippen LogP contribution < -0.4 is 9.47 Å². The third-order valence-electron chi connectivity index (χ3n) is 3.84. The lowest BCUT2D eigenvalue weighted by molar-refractivity contribution is -0.376.